The van der Waals surface area contributed by atoms with E-state index < -0.39 is 6.23 Å². The molecule has 0 saturated carbocycles. The minimum atomic E-state index is -0.675. The third-order valence-corrected chi connectivity index (χ3v) is 1.85. The van der Waals surface area contributed by atoms with Crippen molar-refractivity contribution in [2.45, 2.75) is 19.1 Å². The van der Waals surface area contributed by atoms with Crippen LogP contribution in [-0.4, -0.2) is 41.6 Å². The van der Waals surface area contributed by atoms with Crippen LogP contribution in [0.4, 0.5) is 0 Å². The molecule has 0 aromatic carbocycles. The first-order valence-electron chi connectivity index (χ1n) is 3.83. The van der Waals surface area contributed by atoms with E-state index >= 15 is 0 Å². The van der Waals surface area contributed by atoms with E-state index in [1.54, 1.807) is 0 Å². The van der Waals surface area contributed by atoms with Gasteiger partial charge < -0.3 is 20.1 Å². The fourth-order valence-corrected chi connectivity index (χ4v) is 1.25. The summed E-state index contributed by atoms with van der Waals surface area (Å²) in [5.74, 6) is -0.261. The zero-order valence-corrected chi connectivity index (χ0v) is 9.31. The van der Waals surface area contributed by atoms with Gasteiger partial charge in [-0.2, -0.15) is 6.41 Å². The quantitative estimate of drug-likeness (QED) is 0.429. The molecule has 13 heavy (non-hydrogen) atoms. The Morgan fingerprint density at radius 2 is 2.38 bits per heavy atom. The van der Waals surface area contributed by atoms with E-state index in [0.29, 0.717) is 13.0 Å². The molecule has 1 unspecified atom stereocenters. The molecule has 0 aliphatic carbocycles. The van der Waals surface area contributed by atoms with Crippen molar-refractivity contribution < 1.29 is 14.7 Å². The van der Waals surface area contributed by atoms with Gasteiger partial charge in [0.05, 0.1) is 6.54 Å². The summed E-state index contributed by atoms with van der Waals surface area (Å²) in [6, 6.07) is 0. The smallest absolute Gasteiger partial charge is 0.241 e. The van der Waals surface area contributed by atoms with Gasteiger partial charge in [0, 0.05) is 6.54 Å². The second kappa shape index (κ2) is 4.71. The molecular weight excluding hydrogens is 417 g/mol. The molecule has 5 nitrogen and oxygen atoms in total. The number of nitrogens with zero attached hydrogens (tertiary/aromatic N) is 1. The number of likely N-dealkylation sites (tertiary alicyclic amines) is 1. The first-order valence-corrected chi connectivity index (χ1v) is 3.83. The molecule has 1 rings (SSSR count). The van der Waals surface area contributed by atoms with E-state index in [4.69, 9.17) is 0 Å². The standard InChI is InChI=1S/C7H11N2O3.Fm/c10-5-8-4-7(12)9-3-1-2-6(9)11;/h6,11H,1-4H2,(H,8,10);/q-1;. The van der Waals surface area contributed by atoms with Crippen molar-refractivity contribution in [3.8, 4) is 0 Å². The zero-order valence-electron chi connectivity index (χ0n) is 6.91. The first kappa shape index (κ1) is 10.9. The van der Waals surface area contributed by atoms with Crippen LogP contribution in [0.2, 0.25) is 0 Å². The molecule has 1 heterocycles. The Hall–Kier alpha value is -2.10. The van der Waals surface area contributed by atoms with Gasteiger partial charge in [-0.1, -0.05) is 0 Å². The topological polar surface area (TPSA) is 69.6 Å². The zero-order chi connectivity index (χ0) is 8.97. The molecule has 0 bridgehead atoms. The predicted octanol–water partition coefficient (Wildman–Crippen LogP) is -1.42. The van der Waals surface area contributed by atoms with Crippen LogP contribution in [0.5, 0.6) is 0 Å². The normalized spacial score (nSPS) is 20.7. The Morgan fingerprint density at radius 1 is 1.69 bits per heavy atom. The summed E-state index contributed by atoms with van der Waals surface area (Å²) in [5.41, 5.74) is 0. The fraction of sp³-hybridized carbons (Fsp3) is 0.714. The molecule has 0 aromatic rings. The van der Waals surface area contributed by atoms with Crippen LogP contribution >= 0.6 is 0 Å². The van der Waals surface area contributed by atoms with E-state index in [9.17, 15) is 14.7 Å². The molecule has 2 amide bonds. The molecule has 1 saturated heterocycles. The summed E-state index contributed by atoms with van der Waals surface area (Å²) < 4.78 is 0. The van der Waals surface area contributed by atoms with Gasteiger partial charge in [-0.3, -0.25) is 4.79 Å². The van der Waals surface area contributed by atoms with Gasteiger partial charge in [0.2, 0.25) is 5.91 Å². The van der Waals surface area contributed by atoms with Crippen LogP contribution in [0, 0.1) is 0 Å². The Kier molecular flexibility index (Phi) is 3.95. The second-order valence-electron chi connectivity index (χ2n) is 2.67. The van der Waals surface area contributed by atoms with E-state index in [1.807, 2.05) is 0 Å². The number of hydrogen-bond acceptors (Lipinski definition) is 3. The summed E-state index contributed by atoms with van der Waals surface area (Å²) in [6.45, 7) is 0.487. The van der Waals surface area contributed by atoms with Crippen molar-refractivity contribution in [3.63, 3.8) is 0 Å². The van der Waals surface area contributed by atoms with Crippen LogP contribution in [0.15, 0.2) is 0 Å². The SMILES string of the molecule is O=[C-]NCC(=O)N1CCCC1O.[Fm]. The summed E-state index contributed by atoms with van der Waals surface area (Å²) in [5, 5.41) is 11.4. The van der Waals surface area contributed by atoms with Gasteiger partial charge in [-0.15, -0.1) is 0 Å². The van der Waals surface area contributed by atoms with Crippen LogP contribution in [0.3, 0.4) is 0 Å². The number of rotatable bonds is 3. The van der Waals surface area contributed by atoms with E-state index in [2.05, 4.69) is 5.32 Å². The van der Waals surface area contributed by atoms with E-state index in [0.717, 1.165) is 6.42 Å². The molecule has 2 N–H and O–H groups in total. The monoisotopic (exact) mass is 428 g/mol. The largest absolute Gasteiger partial charge is 0.522 e. The summed E-state index contributed by atoms with van der Waals surface area (Å²) >= 11 is 0. The summed E-state index contributed by atoms with van der Waals surface area (Å²) in [4.78, 5) is 22.2. The fourth-order valence-electron chi connectivity index (χ4n) is 1.25. The van der Waals surface area contributed by atoms with Gasteiger partial charge in [-0.25, -0.2) is 0 Å². The number of amides is 2. The third kappa shape index (κ3) is 2.44. The molecular formula is C7H11FmN2O3-. The maximum Gasteiger partial charge on any atom is 0.241 e. The Bertz CT molecular complexity index is 189. The third-order valence-electron chi connectivity index (χ3n) is 1.85. The van der Waals surface area contributed by atoms with Crippen molar-refractivity contribution in [2.24, 2.45) is 0 Å². The number of carbonyl (C=O) groups excluding carboxylic acids is 2. The number of nitrogens with one attached hydrogen (secondary N) is 1. The molecule has 1 fully saturated rings. The molecule has 80 valence electrons. The van der Waals surface area contributed by atoms with Crippen LogP contribution in [-0.2, 0) is 9.59 Å². The predicted molar refractivity (Wildman–Crippen MR) is 40.7 cm³/mol. The first-order chi connectivity index (χ1) is 5.75. The molecule has 0 aromatic heterocycles. The molecule has 0 radical (unpaired) electrons. The van der Waals surface area contributed by atoms with Crippen LogP contribution in [0.25, 0.3) is 0 Å². The molecule has 0 spiro atoms. The minimum absolute atomic E-state index is 0. The molecule has 1 atom stereocenters. The Morgan fingerprint density at radius 3 is 2.85 bits per heavy atom. The molecule has 6 heteroatoms. The number of carbonyl (C=O) groups is 1. The van der Waals surface area contributed by atoms with Gasteiger partial charge in [0.15, 0.2) is 0 Å². The Balaban J connectivity index is 0.00000144. The number of hydrogen-bond donors (Lipinski definition) is 2. The summed E-state index contributed by atoms with van der Waals surface area (Å²) in [6.07, 6.45) is 2.17. The number of aliphatic hydroxyl groups excluding tert-OH is 1. The van der Waals surface area contributed by atoms with Crippen molar-refractivity contribution in [1.29, 1.82) is 0 Å². The summed E-state index contributed by atoms with van der Waals surface area (Å²) in [7, 11) is 0. The van der Waals surface area contributed by atoms with E-state index in [1.165, 1.54) is 11.3 Å². The van der Waals surface area contributed by atoms with Gasteiger partial charge in [-0.05, 0) is 12.8 Å². The van der Waals surface area contributed by atoms with Crippen molar-refractivity contribution in [1.82, 2.24) is 10.2 Å². The Labute approximate surface area is 70.4 Å². The average molecular weight is 428 g/mol. The van der Waals surface area contributed by atoms with Gasteiger partial charge >= 0.3 is 0 Å². The molecule has 1 aliphatic heterocycles. The average Bonchev–Trinajstić information content (AvgIpc) is 2.47. The van der Waals surface area contributed by atoms with Crippen molar-refractivity contribution in [2.75, 3.05) is 13.1 Å². The van der Waals surface area contributed by atoms with Crippen LogP contribution in [0.1, 0.15) is 12.8 Å². The van der Waals surface area contributed by atoms with Crippen LogP contribution < -0.4 is 5.32 Å². The minimum Gasteiger partial charge on any atom is -0.522 e. The van der Waals surface area contributed by atoms with Crippen molar-refractivity contribution in [3.05, 3.63) is 0 Å². The second-order valence-corrected chi connectivity index (χ2v) is 2.67. The molecule has 1 aliphatic rings. The maximum atomic E-state index is 11.1. The van der Waals surface area contributed by atoms with Gasteiger partial charge in [0.1, 0.15) is 6.23 Å². The number of aliphatic hydroxyl groups is 1. The van der Waals surface area contributed by atoms with E-state index in [-0.39, 0.29) is 12.5 Å². The van der Waals surface area contributed by atoms with Gasteiger partial charge in [0.25, 0.3) is 0 Å². The maximum absolute atomic E-state index is 11.1. The van der Waals surface area contributed by atoms with Crippen molar-refractivity contribution >= 4 is 12.3 Å².